The molecule has 0 amide bonds. The summed E-state index contributed by atoms with van der Waals surface area (Å²) in [4.78, 5) is 6.58. The van der Waals surface area contributed by atoms with Crippen molar-refractivity contribution in [3.05, 3.63) is 24.5 Å². The van der Waals surface area contributed by atoms with E-state index in [1.807, 2.05) is 0 Å². The molecule has 7 heteroatoms. The van der Waals surface area contributed by atoms with Gasteiger partial charge in [0.05, 0.1) is 11.7 Å². The maximum atomic E-state index is 12.7. The molecule has 0 aromatic carbocycles. The van der Waals surface area contributed by atoms with Crippen LogP contribution < -0.4 is 0 Å². The highest BCUT2D eigenvalue weighted by Gasteiger charge is 2.41. The molecule has 1 aromatic heterocycles. The van der Waals surface area contributed by atoms with Crippen LogP contribution in [0.25, 0.3) is 0 Å². The molecule has 1 spiro atoms. The van der Waals surface area contributed by atoms with Gasteiger partial charge in [0.2, 0.25) is 10.0 Å². The number of nitrogens with zero attached hydrogens (tertiary/aromatic N) is 3. The van der Waals surface area contributed by atoms with E-state index in [0.29, 0.717) is 19.2 Å². The van der Waals surface area contributed by atoms with Crippen molar-refractivity contribution in [2.75, 3.05) is 32.7 Å². The van der Waals surface area contributed by atoms with Crippen LogP contribution in [0.5, 0.6) is 0 Å². The summed E-state index contributed by atoms with van der Waals surface area (Å²) >= 11 is 0. The molecular formula is C19H29N3O3S. The Bertz CT molecular complexity index is 696. The third-order valence-corrected chi connectivity index (χ3v) is 8.05. The van der Waals surface area contributed by atoms with Gasteiger partial charge in [0.15, 0.2) is 0 Å². The standard InChI is InChI=1S/C19H29N3O3S/c23-26(24,18-5-4-10-20-15-18)22-13-11-21(12-14-22)16-17-6-9-19(25-17)7-2-1-3-8-19/h4-5,10,15,17H,1-3,6-9,11-14,16H2. The first-order valence-electron chi connectivity index (χ1n) is 9.88. The van der Waals surface area contributed by atoms with Gasteiger partial charge < -0.3 is 4.74 Å². The normalized spacial score (nSPS) is 27.8. The van der Waals surface area contributed by atoms with Crippen molar-refractivity contribution in [2.24, 2.45) is 0 Å². The lowest BCUT2D eigenvalue weighted by Gasteiger charge is -2.36. The summed E-state index contributed by atoms with van der Waals surface area (Å²) in [7, 11) is -3.42. The molecule has 0 radical (unpaired) electrons. The summed E-state index contributed by atoms with van der Waals surface area (Å²) in [5.74, 6) is 0. The Balaban J connectivity index is 1.29. The van der Waals surface area contributed by atoms with Gasteiger partial charge in [-0.1, -0.05) is 19.3 Å². The molecule has 6 nitrogen and oxygen atoms in total. The minimum atomic E-state index is -3.42. The number of hydrogen-bond donors (Lipinski definition) is 0. The maximum Gasteiger partial charge on any atom is 0.244 e. The lowest BCUT2D eigenvalue weighted by molar-refractivity contribution is -0.0732. The second kappa shape index (κ2) is 7.54. The van der Waals surface area contributed by atoms with Crippen molar-refractivity contribution >= 4 is 10.0 Å². The molecule has 1 unspecified atom stereocenters. The average molecular weight is 380 g/mol. The van der Waals surface area contributed by atoms with Crippen molar-refractivity contribution in [1.82, 2.24) is 14.2 Å². The molecule has 26 heavy (non-hydrogen) atoms. The first-order chi connectivity index (χ1) is 12.6. The molecule has 2 aliphatic heterocycles. The predicted molar refractivity (Wildman–Crippen MR) is 99.4 cm³/mol. The van der Waals surface area contributed by atoms with Crippen LogP contribution >= 0.6 is 0 Å². The molecule has 0 N–H and O–H groups in total. The Hall–Kier alpha value is -1.02. The van der Waals surface area contributed by atoms with Gasteiger partial charge in [-0.15, -0.1) is 0 Å². The van der Waals surface area contributed by atoms with Crippen LogP contribution in [0.15, 0.2) is 29.4 Å². The highest BCUT2D eigenvalue weighted by atomic mass is 32.2. The fourth-order valence-electron chi connectivity index (χ4n) is 4.68. The molecule has 3 heterocycles. The number of piperazine rings is 1. The maximum absolute atomic E-state index is 12.7. The van der Waals surface area contributed by atoms with Crippen LogP contribution in [0.4, 0.5) is 0 Å². The molecule has 1 saturated carbocycles. The number of ether oxygens (including phenoxy) is 1. The molecule has 144 valence electrons. The smallest absolute Gasteiger partial charge is 0.244 e. The van der Waals surface area contributed by atoms with E-state index < -0.39 is 10.0 Å². The Morgan fingerprint density at radius 2 is 1.88 bits per heavy atom. The van der Waals surface area contributed by atoms with Gasteiger partial charge in [-0.25, -0.2) is 8.42 Å². The fourth-order valence-corrected chi connectivity index (χ4v) is 6.06. The molecule has 3 fully saturated rings. The van der Waals surface area contributed by atoms with E-state index in [4.69, 9.17) is 4.74 Å². The highest BCUT2D eigenvalue weighted by Crippen LogP contribution is 2.42. The topological polar surface area (TPSA) is 62.7 Å². The summed E-state index contributed by atoms with van der Waals surface area (Å²) in [6.45, 7) is 3.55. The highest BCUT2D eigenvalue weighted by molar-refractivity contribution is 7.89. The van der Waals surface area contributed by atoms with Crippen molar-refractivity contribution in [3.63, 3.8) is 0 Å². The zero-order valence-corrected chi connectivity index (χ0v) is 16.2. The van der Waals surface area contributed by atoms with Gasteiger partial charge in [0, 0.05) is 45.1 Å². The molecule has 1 atom stereocenters. The Labute approximate surface area is 156 Å². The van der Waals surface area contributed by atoms with Crippen LogP contribution in [0.2, 0.25) is 0 Å². The summed E-state index contributed by atoms with van der Waals surface area (Å²) in [6, 6.07) is 3.28. The van der Waals surface area contributed by atoms with Gasteiger partial charge in [-0.3, -0.25) is 9.88 Å². The van der Waals surface area contributed by atoms with E-state index in [-0.39, 0.29) is 10.5 Å². The molecule has 0 bridgehead atoms. The molecule has 2 saturated heterocycles. The Morgan fingerprint density at radius 3 is 2.58 bits per heavy atom. The lowest BCUT2D eigenvalue weighted by atomic mass is 9.83. The van der Waals surface area contributed by atoms with Crippen LogP contribution in [-0.4, -0.2) is 67.0 Å². The van der Waals surface area contributed by atoms with E-state index in [0.717, 1.165) is 26.1 Å². The minimum Gasteiger partial charge on any atom is -0.370 e. The predicted octanol–water partition coefficient (Wildman–Crippen LogP) is 2.27. The lowest BCUT2D eigenvalue weighted by Crippen LogP contribution is -2.50. The quantitative estimate of drug-likeness (QED) is 0.803. The summed E-state index contributed by atoms with van der Waals surface area (Å²) in [5.41, 5.74) is 0.161. The second-order valence-corrected chi connectivity index (χ2v) is 9.85. The molecule has 3 aliphatic rings. The number of hydrogen-bond acceptors (Lipinski definition) is 5. The van der Waals surface area contributed by atoms with Gasteiger partial charge in [-0.05, 0) is 37.8 Å². The van der Waals surface area contributed by atoms with E-state index in [1.165, 1.54) is 44.7 Å². The summed E-state index contributed by atoms with van der Waals surface area (Å²) in [6.07, 6.45) is 12.1. The van der Waals surface area contributed by atoms with E-state index in [1.54, 1.807) is 22.6 Å². The molecule has 1 aromatic rings. The minimum absolute atomic E-state index is 0.161. The van der Waals surface area contributed by atoms with E-state index in [2.05, 4.69) is 9.88 Å². The average Bonchev–Trinajstić information content (AvgIpc) is 3.05. The third kappa shape index (κ3) is 3.81. The van der Waals surface area contributed by atoms with E-state index in [9.17, 15) is 8.42 Å². The number of rotatable bonds is 4. The fraction of sp³-hybridized carbons (Fsp3) is 0.737. The van der Waals surface area contributed by atoms with Crippen molar-refractivity contribution in [1.29, 1.82) is 0 Å². The van der Waals surface area contributed by atoms with E-state index >= 15 is 0 Å². The molecule has 1 aliphatic carbocycles. The second-order valence-electron chi connectivity index (χ2n) is 7.92. The van der Waals surface area contributed by atoms with Gasteiger partial charge in [-0.2, -0.15) is 4.31 Å². The summed E-state index contributed by atoms with van der Waals surface area (Å²) < 4.78 is 33.4. The van der Waals surface area contributed by atoms with Crippen LogP contribution in [0.3, 0.4) is 0 Å². The number of sulfonamides is 1. The third-order valence-electron chi connectivity index (χ3n) is 6.17. The van der Waals surface area contributed by atoms with Crippen molar-refractivity contribution in [2.45, 2.75) is 61.5 Å². The van der Waals surface area contributed by atoms with Crippen LogP contribution in [0.1, 0.15) is 44.9 Å². The van der Waals surface area contributed by atoms with Crippen LogP contribution in [0, 0.1) is 0 Å². The first-order valence-corrected chi connectivity index (χ1v) is 11.3. The Morgan fingerprint density at radius 1 is 1.12 bits per heavy atom. The van der Waals surface area contributed by atoms with Gasteiger partial charge in [0.25, 0.3) is 0 Å². The zero-order valence-electron chi connectivity index (χ0n) is 15.3. The zero-order chi connectivity index (χ0) is 18.0. The Kier molecular flexibility index (Phi) is 5.32. The largest absolute Gasteiger partial charge is 0.370 e. The van der Waals surface area contributed by atoms with Gasteiger partial charge in [0.1, 0.15) is 4.90 Å². The molecule has 4 rings (SSSR count). The first kappa shape index (κ1) is 18.3. The van der Waals surface area contributed by atoms with Gasteiger partial charge >= 0.3 is 0 Å². The van der Waals surface area contributed by atoms with Crippen molar-refractivity contribution in [3.8, 4) is 0 Å². The summed E-state index contributed by atoms with van der Waals surface area (Å²) in [5, 5.41) is 0. The monoisotopic (exact) mass is 379 g/mol. The van der Waals surface area contributed by atoms with Crippen molar-refractivity contribution < 1.29 is 13.2 Å². The molecular weight excluding hydrogens is 350 g/mol. The number of aromatic nitrogens is 1. The van der Waals surface area contributed by atoms with Crippen LogP contribution in [-0.2, 0) is 14.8 Å². The SMILES string of the molecule is O=S(=O)(c1cccnc1)N1CCN(CC2CCC3(CCCCC3)O2)CC1. The number of pyridine rings is 1.